The molecule has 1 aliphatic heterocycles. The van der Waals surface area contributed by atoms with Crippen LogP contribution in [0.15, 0.2) is 0 Å². The third-order valence-corrected chi connectivity index (χ3v) is 2.98. The molecule has 0 aromatic heterocycles. The van der Waals surface area contributed by atoms with Crippen LogP contribution in [0.3, 0.4) is 0 Å². The van der Waals surface area contributed by atoms with Gasteiger partial charge in [0, 0.05) is 6.54 Å². The van der Waals surface area contributed by atoms with Crippen molar-refractivity contribution < 1.29 is 18.6 Å². The average Bonchev–Trinajstić information content (AvgIpc) is 2.29. The second-order valence-electron chi connectivity index (χ2n) is 2.84. The lowest BCUT2D eigenvalue weighted by atomic mass is 10.2. The molecule has 0 aliphatic carbocycles. The molecule has 0 saturated carbocycles. The first-order valence-electron chi connectivity index (χ1n) is 3.53. The van der Waals surface area contributed by atoms with Gasteiger partial charge in [0.05, 0.1) is 18.8 Å². The average molecular weight is 196 g/mol. The number of rotatable bonds is 2. The van der Waals surface area contributed by atoms with Gasteiger partial charge in [0.2, 0.25) is 0 Å². The molecule has 12 heavy (non-hydrogen) atoms. The maximum atomic E-state index is 10.8. The lowest BCUT2D eigenvalue weighted by Crippen LogP contribution is -2.42. The number of aliphatic hydroxyl groups is 2. The van der Waals surface area contributed by atoms with Crippen molar-refractivity contribution in [1.29, 1.82) is 0 Å². The Morgan fingerprint density at radius 1 is 1.58 bits per heavy atom. The van der Waals surface area contributed by atoms with Crippen molar-refractivity contribution in [2.75, 3.05) is 13.2 Å². The van der Waals surface area contributed by atoms with Crippen molar-refractivity contribution >= 4 is 10.2 Å². The normalized spacial score (nSPS) is 32.6. The van der Waals surface area contributed by atoms with Gasteiger partial charge in [0.1, 0.15) is 0 Å². The molecule has 4 N–H and O–H groups in total. The van der Waals surface area contributed by atoms with Crippen LogP contribution in [0.4, 0.5) is 0 Å². The number of hydrogen-bond donors (Lipinski definition) is 3. The van der Waals surface area contributed by atoms with Crippen LogP contribution in [0.2, 0.25) is 0 Å². The first-order valence-corrected chi connectivity index (χ1v) is 5.04. The van der Waals surface area contributed by atoms with Crippen LogP contribution in [0.25, 0.3) is 0 Å². The summed E-state index contributed by atoms with van der Waals surface area (Å²) in [5, 5.41) is 22.7. The Labute approximate surface area is 70.8 Å². The highest BCUT2D eigenvalue weighted by Gasteiger charge is 2.36. The second-order valence-corrected chi connectivity index (χ2v) is 4.34. The Balaban J connectivity index is 2.78. The summed E-state index contributed by atoms with van der Waals surface area (Å²) in [6, 6.07) is -0.574. The Hall–Kier alpha value is -0.210. The van der Waals surface area contributed by atoms with Gasteiger partial charge in [-0.05, 0) is 6.42 Å². The lowest BCUT2D eigenvalue weighted by Gasteiger charge is -2.18. The molecule has 7 heteroatoms. The zero-order chi connectivity index (χ0) is 9.35. The van der Waals surface area contributed by atoms with Crippen molar-refractivity contribution in [3.63, 3.8) is 0 Å². The molecule has 2 atom stereocenters. The van der Waals surface area contributed by atoms with Gasteiger partial charge in [-0.15, -0.1) is 0 Å². The Bertz CT molecular complexity index is 252. The van der Waals surface area contributed by atoms with E-state index in [9.17, 15) is 8.42 Å². The highest BCUT2D eigenvalue weighted by atomic mass is 32.2. The molecule has 0 spiro atoms. The Morgan fingerprint density at radius 2 is 2.17 bits per heavy atom. The van der Waals surface area contributed by atoms with E-state index < -0.39 is 22.4 Å². The summed E-state index contributed by atoms with van der Waals surface area (Å²) < 4.78 is 22.6. The van der Waals surface area contributed by atoms with Gasteiger partial charge in [-0.1, -0.05) is 0 Å². The van der Waals surface area contributed by atoms with E-state index in [-0.39, 0.29) is 19.6 Å². The molecule has 1 fully saturated rings. The molecule has 6 nitrogen and oxygen atoms in total. The molecule has 0 bridgehead atoms. The van der Waals surface area contributed by atoms with E-state index in [2.05, 4.69) is 0 Å². The van der Waals surface area contributed by atoms with Crippen LogP contribution in [0.1, 0.15) is 6.42 Å². The molecule has 0 unspecified atom stereocenters. The summed E-state index contributed by atoms with van der Waals surface area (Å²) in [5.74, 6) is 0. The van der Waals surface area contributed by atoms with E-state index in [1.54, 1.807) is 0 Å². The minimum absolute atomic E-state index is 0.0237. The van der Waals surface area contributed by atoms with E-state index in [4.69, 9.17) is 15.4 Å². The summed E-state index contributed by atoms with van der Waals surface area (Å²) in [6.07, 6.45) is -0.479. The Morgan fingerprint density at radius 3 is 2.50 bits per heavy atom. The van der Waals surface area contributed by atoms with Crippen molar-refractivity contribution in [2.24, 2.45) is 5.14 Å². The fourth-order valence-electron chi connectivity index (χ4n) is 1.34. The van der Waals surface area contributed by atoms with Gasteiger partial charge >= 0.3 is 0 Å². The highest BCUT2D eigenvalue weighted by molar-refractivity contribution is 7.86. The topological polar surface area (TPSA) is 104 Å². The molecule has 72 valence electrons. The maximum absolute atomic E-state index is 10.8. The van der Waals surface area contributed by atoms with Crippen LogP contribution < -0.4 is 5.14 Å². The molecule has 1 rings (SSSR count). The first kappa shape index (κ1) is 9.87. The molecule has 0 amide bonds. The second kappa shape index (κ2) is 3.27. The number of β-amino-alcohol motifs (C(OH)–C–C–N with tert-alkyl or cyclic N) is 1. The van der Waals surface area contributed by atoms with Gasteiger partial charge in [-0.25, -0.2) is 5.14 Å². The van der Waals surface area contributed by atoms with E-state index in [0.717, 1.165) is 4.31 Å². The van der Waals surface area contributed by atoms with Crippen LogP contribution in [-0.2, 0) is 10.2 Å². The minimum Gasteiger partial charge on any atom is -0.395 e. The summed E-state index contributed by atoms with van der Waals surface area (Å²) in [4.78, 5) is 0. The van der Waals surface area contributed by atoms with Crippen molar-refractivity contribution in [2.45, 2.75) is 18.6 Å². The molecule has 1 saturated heterocycles. The fraction of sp³-hybridized carbons (Fsp3) is 1.00. The van der Waals surface area contributed by atoms with Crippen LogP contribution in [0.5, 0.6) is 0 Å². The maximum Gasteiger partial charge on any atom is 0.277 e. The predicted molar refractivity (Wildman–Crippen MR) is 41.3 cm³/mol. The summed E-state index contributed by atoms with van der Waals surface area (Å²) in [6.45, 7) is -0.336. The van der Waals surface area contributed by atoms with Crippen LogP contribution >= 0.6 is 0 Å². The molecular formula is C5H12N2O4S. The third-order valence-electron chi connectivity index (χ3n) is 1.88. The zero-order valence-corrected chi connectivity index (χ0v) is 7.24. The molecule has 0 radical (unpaired) electrons. The number of nitrogens with two attached hydrogens (primary N) is 1. The van der Waals surface area contributed by atoms with Gasteiger partial charge in [0.15, 0.2) is 0 Å². The van der Waals surface area contributed by atoms with E-state index in [1.165, 1.54) is 0 Å². The minimum atomic E-state index is -3.78. The predicted octanol–water partition coefficient (Wildman–Crippen LogP) is -2.38. The van der Waals surface area contributed by atoms with Gasteiger partial charge < -0.3 is 10.2 Å². The number of aliphatic hydroxyl groups excluding tert-OH is 2. The van der Waals surface area contributed by atoms with Gasteiger partial charge in [-0.2, -0.15) is 12.7 Å². The molecule has 0 aromatic carbocycles. The first-order chi connectivity index (χ1) is 5.45. The molecule has 1 aliphatic rings. The standard InChI is InChI=1S/C5H12N2O4S/c6-12(10,11)7-2-5(9)1-4(7)3-8/h4-5,8-9H,1-3H2,(H2,6,10,11)/t4-,5+/m0/s1. The van der Waals surface area contributed by atoms with Crippen molar-refractivity contribution in [3.8, 4) is 0 Å². The van der Waals surface area contributed by atoms with Crippen molar-refractivity contribution in [1.82, 2.24) is 4.31 Å². The van der Waals surface area contributed by atoms with E-state index in [1.807, 2.05) is 0 Å². The van der Waals surface area contributed by atoms with Gasteiger partial charge in [-0.3, -0.25) is 0 Å². The largest absolute Gasteiger partial charge is 0.395 e. The molecular weight excluding hydrogens is 184 g/mol. The smallest absolute Gasteiger partial charge is 0.277 e. The summed E-state index contributed by atoms with van der Waals surface area (Å²) in [7, 11) is -3.78. The monoisotopic (exact) mass is 196 g/mol. The number of hydrogen-bond acceptors (Lipinski definition) is 4. The zero-order valence-electron chi connectivity index (χ0n) is 6.42. The Kier molecular flexibility index (Phi) is 2.69. The van der Waals surface area contributed by atoms with Crippen LogP contribution in [0, 0.1) is 0 Å². The highest BCUT2D eigenvalue weighted by Crippen LogP contribution is 2.18. The summed E-state index contributed by atoms with van der Waals surface area (Å²) in [5.41, 5.74) is 0. The molecule has 0 aromatic rings. The van der Waals surface area contributed by atoms with E-state index >= 15 is 0 Å². The van der Waals surface area contributed by atoms with Crippen LogP contribution in [-0.4, -0.2) is 48.2 Å². The lowest BCUT2D eigenvalue weighted by molar-refractivity contribution is 0.184. The van der Waals surface area contributed by atoms with Crippen molar-refractivity contribution in [3.05, 3.63) is 0 Å². The third kappa shape index (κ3) is 1.93. The fourth-order valence-corrected chi connectivity index (χ4v) is 2.29. The van der Waals surface area contributed by atoms with Gasteiger partial charge in [0.25, 0.3) is 10.2 Å². The number of nitrogens with zero attached hydrogens (tertiary/aromatic N) is 1. The SMILES string of the molecule is NS(=O)(=O)N1C[C@H](O)C[C@H]1CO. The summed E-state index contributed by atoms with van der Waals surface area (Å²) >= 11 is 0. The molecule has 1 heterocycles. The van der Waals surface area contributed by atoms with E-state index in [0.29, 0.717) is 0 Å². The quantitative estimate of drug-likeness (QED) is 0.458.